The minimum absolute atomic E-state index is 0.0451. The Hall–Kier alpha value is -2.33. The van der Waals surface area contributed by atoms with E-state index in [-0.39, 0.29) is 18.0 Å². The number of piperidine rings is 2. The van der Waals surface area contributed by atoms with Gasteiger partial charge >= 0.3 is 6.03 Å². The lowest BCUT2D eigenvalue weighted by Gasteiger charge is -2.33. The molecule has 0 spiro atoms. The van der Waals surface area contributed by atoms with E-state index in [1.165, 1.54) is 0 Å². The molecule has 2 fully saturated rings. The number of ether oxygens (including phenoxy) is 1. The van der Waals surface area contributed by atoms with Crippen molar-refractivity contribution in [1.29, 1.82) is 0 Å². The average molecular weight is 425 g/mol. The maximum Gasteiger partial charge on any atom is 0.321 e. The van der Waals surface area contributed by atoms with Crippen LogP contribution in [0.5, 0.6) is 5.75 Å². The molecule has 0 bridgehead atoms. The van der Waals surface area contributed by atoms with Crippen LogP contribution < -0.4 is 19.7 Å². The van der Waals surface area contributed by atoms with Crippen LogP contribution in [0.2, 0.25) is 0 Å². The molecule has 2 N–H and O–H groups in total. The van der Waals surface area contributed by atoms with Gasteiger partial charge in [-0.15, -0.1) is 0 Å². The number of amides is 3. The Morgan fingerprint density at radius 3 is 2.69 bits per heavy atom. The van der Waals surface area contributed by atoms with Gasteiger partial charge in [0.15, 0.2) is 0 Å². The summed E-state index contributed by atoms with van der Waals surface area (Å²) in [5.41, 5.74) is 1.20. The number of methoxy groups -OCH3 is 1. The number of hydrogen-bond acceptors (Lipinski definition) is 5. The topological polar surface area (TPSA) is 108 Å². The first-order chi connectivity index (χ1) is 13.8. The number of hydrogen-bond donors (Lipinski definition) is 2. The van der Waals surface area contributed by atoms with Gasteiger partial charge in [-0.05, 0) is 43.9 Å². The summed E-state index contributed by atoms with van der Waals surface area (Å²) < 4.78 is 30.9. The van der Waals surface area contributed by atoms with Crippen LogP contribution in [0.4, 0.5) is 16.2 Å². The summed E-state index contributed by atoms with van der Waals surface area (Å²) in [4.78, 5) is 28.3. The normalized spacial score (nSPS) is 20.5. The fraction of sp³-hybridized carbons (Fsp3) is 0.579. The predicted octanol–water partition coefficient (Wildman–Crippen LogP) is 1.76. The highest BCUT2D eigenvalue weighted by molar-refractivity contribution is 7.88. The third-order valence-corrected chi connectivity index (χ3v) is 5.90. The molecule has 2 aliphatic heterocycles. The van der Waals surface area contributed by atoms with E-state index in [4.69, 9.17) is 4.74 Å². The molecule has 2 heterocycles. The van der Waals surface area contributed by atoms with Crippen molar-refractivity contribution < 1.29 is 22.7 Å². The molecule has 2 aliphatic rings. The summed E-state index contributed by atoms with van der Waals surface area (Å²) in [6.45, 7) is 1.49. The van der Waals surface area contributed by atoms with E-state index in [0.29, 0.717) is 49.6 Å². The molecule has 0 radical (unpaired) electrons. The molecule has 2 saturated heterocycles. The van der Waals surface area contributed by atoms with Gasteiger partial charge in [-0.1, -0.05) is 0 Å². The maximum absolute atomic E-state index is 12.7. The van der Waals surface area contributed by atoms with Crippen molar-refractivity contribution in [1.82, 2.24) is 9.62 Å². The number of rotatable bonds is 5. The predicted molar refractivity (Wildman–Crippen MR) is 111 cm³/mol. The van der Waals surface area contributed by atoms with Crippen molar-refractivity contribution in [2.75, 3.05) is 43.2 Å². The lowest BCUT2D eigenvalue weighted by atomic mass is 10.1. The number of anilines is 2. The standard InChI is InChI=1S/C19H28N4O5S/c1-28-17-9-8-14(12-16(17)23-11-4-3-7-18(23)24)20-19(25)22-10-5-6-15(13-22)21-29(2,26)27/h8-9,12,15,21H,3-7,10-11,13H2,1-2H3,(H,20,25). The first-order valence-electron chi connectivity index (χ1n) is 9.78. The second kappa shape index (κ2) is 9.00. The largest absolute Gasteiger partial charge is 0.495 e. The number of urea groups is 1. The van der Waals surface area contributed by atoms with Crippen LogP contribution in [0.25, 0.3) is 0 Å². The van der Waals surface area contributed by atoms with Gasteiger partial charge in [-0.25, -0.2) is 17.9 Å². The number of sulfonamides is 1. The van der Waals surface area contributed by atoms with E-state index < -0.39 is 10.0 Å². The Morgan fingerprint density at radius 2 is 2.00 bits per heavy atom. The van der Waals surface area contributed by atoms with Crippen molar-refractivity contribution >= 4 is 33.3 Å². The van der Waals surface area contributed by atoms with E-state index in [2.05, 4.69) is 10.0 Å². The van der Waals surface area contributed by atoms with Crippen molar-refractivity contribution in [2.24, 2.45) is 0 Å². The van der Waals surface area contributed by atoms with Gasteiger partial charge in [-0.2, -0.15) is 0 Å². The first kappa shape index (κ1) is 21.4. The lowest BCUT2D eigenvalue weighted by molar-refractivity contribution is -0.119. The second-order valence-electron chi connectivity index (χ2n) is 7.49. The van der Waals surface area contributed by atoms with Crippen LogP contribution in [0.3, 0.4) is 0 Å². The van der Waals surface area contributed by atoms with Crippen LogP contribution in [0, 0.1) is 0 Å². The van der Waals surface area contributed by atoms with E-state index in [1.54, 1.807) is 35.1 Å². The Balaban J connectivity index is 1.71. The molecule has 3 rings (SSSR count). The smallest absolute Gasteiger partial charge is 0.321 e. The van der Waals surface area contributed by atoms with Gasteiger partial charge < -0.3 is 19.9 Å². The third kappa shape index (κ3) is 5.60. The zero-order valence-corrected chi connectivity index (χ0v) is 17.6. The zero-order valence-electron chi connectivity index (χ0n) is 16.8. The number of nitrogens with one attached hydrogen (secondary N) is 2. The zero-order chi connectivity index (χ0) is 21.0. The molecule has 1 atom stereocenters. The van der Waals surface area contributed by atoms with Crippen LogP contribution in [0.1, 0.15) is 32.1 Å². The van der Waals surface area contributed by atoms with E-state index in [1.807, 2.05) is 0 Å². The van der Waals surface area contributed by atoms with E-state index >= 15 is 0 Å². The average Bonchev–Trinajstić information content (AvgIpc) is 2.67. The molecule has 9 nitrogen and oxygen atoms in total. The highest BCUT2D eigenvalue weighted by Gasteiger charge is 2.27. The summed E-state index contributed by atoms with van der Waals surface area (Å²) in [6.07, 6.45) is 4.84. The second-order valence-corrected chi connectivity index (χ2v) is 9.27. The van der Waals surface area contributed by atoms with Crippen LogP contribution in [-0.4, -0.2) is 64.3 Å². The fourth-order valence-electron chi connectivity index (χ4n) is 3.80. The minimum Gasteiger partial charge on any atom is -0.495 e. The Morgan fingerprint density at radius 1 is 1.21 bits per heavy atom. The molecule has 0 saturated carbocycles. The first-order valence-corrected chi connectivity index (χ1v) is 11.7. The van der Waals surface area contributed by atoms with Gasteiger partial charge in [0.1, 0.15) is 5.75 Å². The quantitative estimate of drug-likeness (QED) is 0.749. The summed E-state index contributed by atoms with van der Waals surface area (Å²) in [5, 5.41) is 2.86. The van der Waals surface area contributed by atoms with Gasteiger partial charge in [0.2, 0.25) is 15.9 Å². The molecule has 160 valence electrons. The Bertz CT molecular complexity index is 873. The van der Waals surface area contributed by atoms with Crippen LogP contribution in [-0.2, 0) is 14.8 Å². The number of carbonyl (C=O) groups excluding carboxylic acids is 2. The van der Waals surface area contributed by atoms with Crippen LogP contribution in [0.15, 0.2) is 18.2 Å². The number of carbonyl (C=O) groups is 2. The number of likely N-dealkylation sites (tertiary alicyclic amines) is 1. The van der Waals surface area contributed by atoms with Crippen molar-refractivity contribution in [3.05, 3.63) is 18.2 Å². The molecule has 0 aromatic heterocycles. The highest BCUT2D eigenvalue weighted by atomic mass is 32.2. The van der Waals surface area contributed by atoms with Gasteiger partial charge in [0, 0.05) is 37.8 Å². The molecular formula is C19H28N4O5S. The van der Waals surface area contributed by atoms with Gasteiger partial charge in [-0.3, -0.25) is 4.79 Å². The summed E-state index contributed by atoms with van der Waals surface area (Å²) in [7, 11) is -1.77. The van der Waals surface area contributed by atoms with E-state index in [9.17, 15) is 18.0 Å². The highest BCUT2D eigenvalue weighted by Crippen LogP contribution is 2.33. The molecule has 3 amide bonds. The Kier molecular flexibility index (Phi) is 6.63. The molecule has 1 aromatic rings. The molecule has 0 aliphatic carbocycles. The lowest BCUT2D eigenvalue weighted by Crippen LogP contribution is -2.50. The molecule has 10 heteroatoms. The van der Waals surface area contributed by atoms with Crippen LogP contribution >= 0.6 is 0 Å². The monoisotopic (exact) mass is 424 g/mol. The molecule has 29 heavy (non-hydrogen) atoms. The van der Waals surface area contributed by atoms with Gasteiger partial charge in [0.05, 0.1) is 19.1 Å². The van der Waals surface area contributed by atoms with Crippen molar-refractivity contribution in [2.45, 2.75) is 38.1 Å². The number of benzene rings is 1. The minimum atomic E-state index is -3.32. The third-order valence-electron chi connectivity index (χ3n) is 5.13. The van der Waals surface area contributed by atoms with Gasteiger partial charge in [0.25, 0.3) is 0 Å². The van der Waals surface area contributed by atoms with Crippen molar-refractivity contribution in [3.8, 4) is 5.75 Å². The summed E-state index contributed by atoms with van der Waals surface area (Å²) in [6, 6.07) is 4.62. The fourth-order valence-corrected chi connectivity index (χ4v) is 4.60. The SMILES string of the molecule is COc1ccc(NC(=O)N2CCCC(NS(C)(=O)=O)C2)cc1N1CCCCC1=O. The summed E-state index contributed by atoms with van der Waals surface area (Å²) in [5.74, 6) is 0.623. The van der Waals surface area contributed by atoms with E-state index in [0.717, 1.165) is 25.5 Å². The maximum atomic E-state index is 12.7. The molecule has 1 aromatic carbocycles. The van der Waals surface area contributed by atoms with Crippen molar-refractivity contribution in [3.63, 3.8) is 0 Å². The Labute approximate surface area is 171 Å². The number of nitrogens with zero attached hydrogens (tertiary/aromatic N) is 2. The molecular weight excluding hydrogens is 396 g/mol. The molecule has 1 unspecified atom stereocenters. The summed E-state index contributed by atoms with van der Waals surface area (Å²) >= 11 is 0.